The van der Waals surface area contributed by atoms with Gasteiger partial charge >= 0.3 is 0 Å². The van der Waals surface area contributed by atoms with E-state index in [0.29, 0.717) is 0 Å². The van der Waals surface area contributed by atoms with Gasteiger partial charge in [-0.3, -0.25) is 4.79 Å². The van der Waals surface area contributed by atoms with Gasteiger partial charge < -0.3 is 25.3 Å². The Morgan fingerprint density at radius 1 is 0.903 bits per heavy atom. The van der Waals surface area contributed by atoms with E-state index in [9.17, 15) is 4.79 Å². The highest BCUT2D eigenvalue weighted by Gasteiger charge is 2.19. The minimum atomic E-state index is -0.0451. The number of piperazine rings is 2. The van der Waals surface area contributed by atoms with Crippen molar-refractivity contribution in [3.63, 3.8) is 0 Å². The van der Waals surface area contributed by atoms with Gasteiger partial charge in [-0.1, -0.05) is 18.2 Å². The number of hydrogen-bond donors (Lipinski definition) is 2. The Morgan fingerprint density at radius 2 is 1.52 bits per heavy atom. The van der Waals surface area contributed by atoms with Crippen molar-refractivity contribution in [3.05, 3.63) is 59.2 Å². The molecule has 6 nitrogen and oxygen atoms in total. The van der Waals surface area contributed by atoms with Crippen molar-refractivity contribution in [2.24, 2.45) is 0 Å². The second-order valence-corrected chi connectivity index (χ2v) is 8.81. The second-order valence-electron chi connectivity index (χ2n) is 8.81. The molecule has 1 amide bonds. The van der Waals surface area contributed by atoms with Gasteiger partial charge in [0, 0.05) is 69.3 Å². The van der Waals surface area contributed by atoms with E-state index in [4.69, 9.17) is 0 Å². The van der Waals surface area contributed by atoms with Crippen LogP contribution in [0.15, 0.2) is 42.5 Å². The third kappa shape index (κ3) is 5.20. The maximum atomic E-state index is 13.1. The highest BCUT2D eigenvalue weighted by Crippen LogP contribution is 2.23. The summed E-state index contributed by atoms with van der Waals surface area (Å²) in [5, 5.41) is 6.59. The van der Waals surface area contributed by atoms with Crippen LogP contribution in [0.25, 0.3) is 0 Å². The molecule has 2 aliphatic rings. The van der Waals surface area contributed by atoms with E-state index in [1.807, 2.05) is 6.92 Å². The lowest BCUT2D eigenvalue weighted by Crippen LogP contribution is -2.44. The Bertz CT molecular complexity index is 883. The number of likely N-dealkylation sites (N-methyl/N-ethyl adjacent to an activating group) is 1. The SMILES string of the molecule is Cc1ccc(N2CCN(C)CC2)cc1C(=O)NC(C)c1ccc(N2CCNCC2)cc1. The number of nitrogens with one attached hydrogen (secondary N) is 2. The molecule has 2 fully saturated rings. The number of nitrogens with zero attached hydrogens (tertiary/aromatic N) is 3. The average molecular weight is 422 g/mol. The quantitative estimate of drug-likeness (QED) is 0.777. The predicted octanol–water partition coefficient (Wildman–Crippen LogP) is 2.65. The summed E-state index contributed by atoms with van der Waals surface area (Å²) >= 11 is 0. The summed E-state index contributed by atoms with van der Waals surface area (Å²) in [5.41, 5.74) is 5.29. The Labute approximate surface area is 186 Å². The Balaban J connectivity index is 1.42. The molecule has 1 atom stereocenters. The van der Waals surface area contributed by atoms with Crippen molar-refractivity contribution in [2.75, 3.05) is 69.2 Å². The molecule has 2 saturated heterocycles. The molecular weight excluding hydrogens is 386 g/mol. The standard InChI is InChI=1S/C25H35N5O/c1-19-4-7-23(30-16-14-28(3)15-17-30)18-24(19)25(31)27-20(2)21-5-8-22(9-6-21)29-12-10-26-11-13-29/h4-9,18,20,26H,10-17H2,1-3H3,(H,27,31). The zero-order valence-corrected chi connectivity index (χ0v) is 19.0. The van der Waals surface area contributed by atoms with Crippen LogP contribution in [0.3, 0.4) is 0 Å². The van der Waals surface area contributed by atoms with Crippen molar-refractivity contribution < 1.29 is 4.79 Å². The molecule has 0 aliphatic carbocycles. The van der Waals surface area contributed by atoms with Crippen molar-refractivity contribution in [1.82, 2.24) is 15.5 Å². The van der Waals surface area contributed by atoms with Crippen LogP contribution < -0.4 is 20.4 Å². The topological polar surface area (TPSA) is 50.9 Å². The van der Waals surface area contributed by atoms with Gasteiger partial charge in [-0.15, -0.1) is 0 Å². The van der Waals surface area contributed by atoms with E-state index in [0.717, 1.165) is 74.7 Å². The molecule has 0 spiro atoms. The number of benzene rings is 2. The van der Waals surface area contributed by atoms with Gasteiger partial charge in [0.2, 0.25) is 0 Å². The number of rotatable bonds is 5. The maximum Gasteiger partial charge on any atom is 0.252 e. The molecule has 6 heteroatoms. The minimum Gasteiger partial charge on any atom is -0.369 e. The van der Waals surface area contributed by atoms with E-state index in [1.165, 1.54) is 5.69 Å². The summed E-state index contributed by atoms with van der Waals surface area (Å²) in [6.07, 6.45) is 0. The highest BCUT2D eigenvalue weighted by atomic mass is 16.1. The van der Waals surface area contributed by atoms with Gasteiger partial charge in [0.25, 0.3) is 5.91 Å². The zero-order valence-electron chi connectivity index (χ0n) is 19.0. The zero-order chi connectivity index (χ0) is 21.8. The lowest BCUT2D eigenvalue weighted by atomic mass is 10.0. The van der Waals surface area contributed by atoms with Crippen LogP contribution in [0.5, 0.6) is 0 Å². The third-order valence-corrected chi connectivity index (χ3v) is 6.56. The molecule has 0 aromatic heterocycles. The molecule has 2 heterocycles. The highest BCUT2D eigenvalue weighted by molar-refractivity contribution is 5.96. The second kappa shape index (κ2) is 9.71. The fourth-order valence-corrected chi connectivity index (χ4v) is 4.37. The monoisotopic (exact) mass is 421 g/mol. The van der Waals surface area contributed by atoms with Crippen LogP contribution >= 0.6 is 0 Å². The van der Waals surface area contributed by atoms with Crippen LogP contribution in [0.1, 0.15) is 34.5 Å². The van der Waals surface area contributed by atoms with Gasteiger partial charge in [-0.25, -0.2) is 0 Å². The third-order valence-electron chi connectivity index (χ3n) is 6.56. The summed E-state index contributed by atoms with van der Waals surface area (Å²) in [7, 11) is 2.16. The summed E-state index contributed by atoms with van der Waals surface area (Å²) in [5.74, 6) is -0.00726. The number of hydrogen-bond acceptors (Lipinski definition) is 5. The summed E-state index contributed by atoms with van der Waals surface area (Å²) in [6.45, 7) is 12.3. The van der Waals surface area contributed by atoms with E-state index >= 15 is 0 Å². The first-order valence-corrected chi connectivity index (χ1v) is 11.4. The van der Waals surface area contributed by atoms with Crippen molar-refractivity contribution >= 4 is 17.3 Å². The molecule has 4 rings (SSSR count). The predicted molar refractivity (Wildman–Crippen MR) is 128 cm³/mol. The summed E-state index contributed by atoms with van der Waals surface area (Å²) in [6, 6.07) is 14.8. The molecule has 166 valence electrons. The Hall–Kier alpha value is -2.57. The van der Waals surface area contributed by atoms with Gasteiger partial charge in [-0.2, -0.15) is 0 Å². The largest absolute Gasteiger partial charge is 0.369 e. The number of amides is 1. The number of carbonyl (C=O) groups excluding carboxylic acids is 1. The number of anilines is 2. The molecule has 0 saturated carbocycles. The normalized spacial score (nSPS) is 18.7. The van der Waals surface area contributed by atoms with E-state index in [-0.39, 0.29) is 11.9 Å². The molecule has 2 aromatic carbocycles. The summed E-state index contributed by atoms with van der Waals surface area (Å²) in [4.78, 5) is 20.2. The first-order valence-electron chi connectivity index (χ1n) is 11.4. The van der Waals surface area contributed by atoms with E-state index in [2.05, 4.69) is 81.8 Å². The van der Waals surface area contributed by atoms with E-state index in [1.54, 1.807) is 0 Å². The van der Waals surface area contributed by atoms with Gasteiger partial charge in [0.15, 0.2) is 0 Å². The van der Waals surface area contributed by atoms with Gasteiger partial charge in [0.1, 0.15) is 0 Å². The molecule has 2 aromatic rings. The first kappa shape index (κ1) is 21.7. The average Bonchev–Trinajstić information content (AvgIpc) is 2.80. The molecular formula is C25H35N5O. The fourth-order valence-electron chi connectivity index (χ4n) is 4.37. The maximum absolute atomic E-state index is 13.1. The lowest BCUT2D eigenvalue weighted by molar-refractivity contribution is 0.0939. The Morgan fingerprint density at radius 3 is 2.19 bits per heavy atom. The van der Waals surface area contributed by atoms with Crippen molar-refractivity contribution in [3.8, 4) is 0 Å². The number of aryl methyl sites for hydroxylation is 1. The minimum absolute atomic E-state index is 0.00726. The first-order chi connectivity index (χ1) is 15.0. The smallest absolute Gasteiger partial charge is 0.252 e. The van der Waals surface area contributed by atoms with Crippen molar-refractivity contribution in [2.45, 2.75) is 19.9 Å². The van der Waals surface area contributed by atoms with Crippen LogP contribution in [0, 0.1) is 6.92 Å². The molecule has 1 unspecified atom stereocenters. The number of carbonyl (C=O) groups is 1. The van der Waals surface area contributed by atoms with Gasteiger partial charge in [0.05, 0.1) is 6.04 Å². The fraction of sp³-hybridized carbons (Fsp3) is 0.480. The van der Waals surface area contributed by atoms with Crippen LogP contribution in [-0.4, -0.2) is 70.2 Å². The lowest BCUT2D eigenvalue weighted by Gasteiger charge is -2.34. The Kier molecular flexibility index (Phi) is 6.78. The van der Waals surface area contributed by atoms with Crippen molar-refractivity contribution in [1.29, 1.82) is 0 Å². The molecule has 0 bridgehead atoms. The van der Waals surface area contributed by atoms with Crippen LogP contribution in [0.2, 0.25) is 0 Å². The molecule has 2 N–H and O–H groups in total. The molecule has 2 aliphatic heterocycles. The van der Waals surface area contributed by atoms with Crippen LogP contribution in [-0.2, 0) is 0 Å². The van der Waals surface area contributed by atoms with E-state index < -0.39 is 0 Å². The van der Waals surface area contributed by atoms with Gasteiger partial charge in [-0.05, 0) is 56.3 Å². The molecule has 0 radical (unpaired) electrons. The summed E-state index contributed by atoms with van der Waals surface area (Å²) < 4.78 is 0. The van der Waals surface area contributed by atoms with Crippen LogP contribution in [0.4, 0.5) is 11.4 Å². The molecule has 31 heavy (non-hydrogen) atoms.